The maximum Gasteiger partial charge on any atom is 0.185 e. The molecule has 0 heterocycles. The molecule has 0 bridgehead atoms. The van der Waals surface area contributed by atoms with Crippen LogP contribution in [0.1, 0.15) is 0 Å². The molecule has 1 rings (SSSR count). The zero-order valence-corrected chi connectivity index (χ0v) is 5.11. The second-order valence-corrected chi connectivity index (χ2v) is 1.87. The van der Waals surface area contributed by atoms with Gasteiger partial charge in [-0.25, -0.2) is 0 Å². The van der Waals surface area contributed by atoms with Gasteiger partial charge in [-0.15, -0.1) is 0 Å². The predicted molar refractivity (Wildman–Crippen MR) is 36.0 cm³/mol. The van der Waals surface area contributed by atoms with E-state index < -0.39 is 5.43 Å². The molecule has 1 aromatic carbocycles. The summed E-state index contributed by atoms with van der Waals surface area (Å²) in [5, 5.41) is 17.6. The first-order valence-corrected chi connectivity index (χ1v) is 2.72. The van der Waals surface area contributed by atoms with Gasteiger partial charge in [0.15, 0.2) is 5.43 Å². The van der Waals surface area contributed by atoms with Crippen LogP contribution < -0.4 is 5.43 Å². The highest BCUT2D eigenvalue weighted by Crippen LogP contribution is 2.07. The smallest absolute Gasteiger partial charge is 0.185 e. The molecule has 3 nitrogen and oxygen atoms in total. The summed E-state index contributed by atoms with van der Waals surface area (Å²) < 4.78 is 0. The Hall–Kier alpha value is -1.51. The van der Waals surface area contributed by atoms with Gasteiger partial charge in [-0.3, -0.25) is 4.79 Å². The third-order valence-corrected chi connectivity index (χ3v) is 1.01. The number of rotatable bonds is 0. The molecule has 0 unspecified atom stereocenters. The van der Waals surface area contributed by atoms with E-state index in [0.717, 1.165) is 12.1 Å². The highest BCUT2D eigenvalue weighted by Gasteiger charge is 1.88. The molecule has 52 valence electrons. The van der Waals surface area contributed by atoms with Crippen molar-refractivity contribution >= 4 is 0 Å². The van der Waals surface area contributed by atoms with Gasteiger partial charge >= 0.3 is 0 Å². The lowest BCUT2D eigenvalue weighted by Gasteiger charge is -1.76. The molecular formula is C7H6O3. The maximum absolute atomic E-state index is 10.6. The van der Waals surface area contributed by atoms with Crippen LogP contribution >= 0.6 is 0 Å². The lowest BCUT2D eigenvalue weighted by molar-refractivity contribution is 0.470. The second-order valence-electron chi connectivity index (χ2n) is 1.87. The molecule has 0 saturated carbocycles. The number of hydrogen-bond acceptors (Lipinski definition) is 3. The molecule has 0 saturated heterocycles. The lowest BCUT2D eigenvalue weighted by Crippen LogP contribution is -1.88. The summed E-state index contributed by atoms with van der Waals surface area (Å²) in [6.07, 6.45) is 0. The van der Waals surface area contributed by atoms with Gasteiger partial charge in [-0.2, -0.15) is 0 Å². The number of hydrogen-bond donors (Lipinski definition) is 2. The zero-order valence-electron chi connectivity index (χ0n) is 5.11. The average Bonchev–Trinajstić information content (AvgIpc) is 1.93. The third-order valence-electron chi connectivity index (χ3n) is 1.01. The van der Waals surface area contributed by atoms with E-state index in [0.29, 0.717) is 0 Å². The van der Waals surface area contributed by atoms with Crippen LogP contribution in [0.15, 0.2) is 29.1 Å². The Labute approximate surface area is 57.2 Å². The van der Waals surface area contributed by atoms with E-state index in [1.54, 1.807) is 0 Å². The van der Waals surface area contributed by atoms with Gasteiger partial charge in [0, 0.05) is 12.1 Å². The van der Waals surface area contributed by atoms with Gasteiger partial charge in [-0.05, 0) is 12.1 Å². The highest BCUT2D eigenvalue weighted by molar-refractivity contribution is 5.26. The van der Waals surface area contributed by atoms with Crippen molar-refractivity contribution in [2.45, 2.75) is 0 Å². The summed E-state index contributed by atoms with van der Waals surface area (Å²) >= 11 is 0. The predicted octanol–water partition coefficient (Wildman–Crippen LogP) is 0.458. The first-order valence-electron chi connectivity index (χ1n) is 2.72. The standard InChI is InChI=1S/C7H6O3/c8-5-1-2-6(9)4-7(10)3-5/h1-4,8-9H. The fourth-order valence-corrected chi connectivity index (χ4v) is 0.600. The summed E-state index contributed by atoms with van der Waals surface area (Å²) in [4.78, 5) is 10.6. The minimum absolute atomic E-state index is 0.148. The van der Waals surface area contributed by atoms with Crippen LogP contribution in [0.5, 0.6) is 11.5 Å². The molecule has 3 heteroatoms. The third kappa shape index (κ3) is 1.48. The van der Waals surface area contributed by atoms with Gasteiger partial charge < -0.3 is 10.2 Å². The zero-order chi connectivity index (χ0) is 7.56. The second kappa shape index (κ2) is 2.39. The van der Waals surface area contributed by atoms with Crippen molar-refractivity contribution in [3.05, 3.63) is 34.5 Å². The Morgan fingerprint density at radius 1 is 1.00 bits per heavy atom. The topological polar surface area (TPSA) is 57.5 Å². The van der Waals surface area contributed by atoms with Crippen LogP contribution in [0.25, 0.3) is 0 Å². The van der Waals surface area contributed by atoms with Crippen molar-refractivity contribution in [1.82, 2.24) is 0 Å². The minimum atomic E-state index is -0.417. The monoisotopic (exact) mass is 138 g/mol. The maximum atomic E-state index is 10.6. The molecule has 0 atom stereocenters. The molecule has 0 aromatic heterocycles. The van der Waals surface area contributed by atoms with Crippen LogP contribution in [0, 0.1) is 0 Å². The Balaban J connectivity index is 3.42. The molecule has 0 radical (unpaired) electrons. The van der Waals surface area contributed by atoms with Crippen molar-refractivity contribution in [3.63, 3.8) is 0 Å². The first-order chi connectivity index (χ1) is 4.68. The summed E-state index contributed by atoms with van der Waals surface area (Å²) in [7, 11) is 0. The first kappa shape index (κ1) is 6.61. The van der Waals surface area contributed by atoms with Crippen molar-refractivity contribution < 1.29 is 10.2 Å². The van der Waals surface area contributed by atoms with Gasteiger partial charge in [0.05, 0.1) is 0 Å². The van der Waals surface area contributed by atoms with Crippen LogP contribution in [0.2, 0.25) is 0 Å². The molecule has 0 aliphatic rings. The molecule has 2 N–H and O–H groups in total. The van der Waals surface area contributed by atoms with Crippen LogP contribution in [0.4, 0.5) is 0 Å². The summed E-state index contributed by atoms with van der Waals surface area (Å²) in [6, 6.07) is 4.55. The highest BCUT2D eigenvalue weighted by atomic mass is 16.3. The molecule has 1 aromatic rings. The van der Waals surface area contributed by atoms with E-state index in [-0.39, 0.29) is 11.5 Å². The Bertz CT molecular complexity index is 265. The minimum Gasteiger partial charge on any atom is -0.508 e. The Kier molecular flexibility index (Phi) is 1.58. The van der Waals surface area contributed by atoms with E-state index in [2.05, 4.69) is 0 Å². The lowest BCUT2D eigenvalue weighted by atomic mass is 10.5. The van der Waals surface area contributed by atoms with Crippen molar-refractivity contribution in [1.29, 1.82) is 0 Å². The summed E-state index contributed by atoms with van der Waals surface area (Å²) in [5.41, 5.74) is -0.417. The van der Waals surface area contributed by atoms with E-state index in [1.165, 1.54) is 12.1 Å². The van der Waals surface area contributed by atoms with E-state index in [9.17, 15) is 4.79 Å². The molecule has 0 aliphatic carbocycles. The van der Waals surface area contributed by atoms with E-state index in [4.69, 9.17) is 10.2 Å². The van der Waals surface area contributed by atoms with Crippen LogP contribution in [0.3, 0.4) is 0 Å². The van der Waals surface area contributed by atoms with Gasteiger partial charge in [-0.1, -0.05) is 0 Å². The fourth-order valence-electron chi connectivity index (χ4n) is 0.600. The van der Waals surface area contributed by atoms with Crippen molar-refractivity contribution in [2.24, 2.45) is 0 Å². The Morgan fingerprint density at radius 2 is 1.40 bits per heavy atom. The summed E-state index contributed by atoms with van der Waals surface area (Å²) in [6.45, 7) is 0. The van der Waals surface area contributed by atoms with E-state index in [1.807, 2.05) is 0 Å². The normalized spacial score (nSPS) is 9.20. The van der Waals surface area contributed by atoms with E-state index >= 15 is 0 Å². The molecule has 0 fully saturated rings. The van der Waals surface area contributed by atoms with Crippen molar-refractivity contribution in [3.8, 4) is 11.5 Å². The van der Waals surface area contributed by atoms with Gasteiger partial charge in [0.2, 0.25) is 0 Å². The average molecular weight is 138 g/mol. The number of aromatic hydroxyl groups is 2. The molecule has 0 amide bonds. The van der Waals surface area contributed by atoms with Gasteiger partial charge in [0.1, 0.15) is 11.5 Å². The Morgan fingerprint density at radius 3 is 1.80 bits per heavy atom. The fraction of sp³-hybridized carbons (Fsp3) is 0. The van der Waals surface area contributed by atoms with Crippen LogP contribution in [-0.4, -0.2) is 10.2 Å². The quantitative estimate of drug-likeness (QED) is 0.547. The SMILES string of the molecule is O=c1cc(O)ccc(O)c1. The molecular weight excluding hydrogens is 132 g/mol. The van der Waals surface area contributed by atoms with Crippen LogP contribution in [-0.2, 0) is 0 Å². The molecule has 0 spiro atoms. The van der Waals surface area contributed by atoms with Crippen molar-refractivity contribution in [2.75, 3.05) is 0 Å². The largest absolute Gasteiger partial charge is 0.508 e. The summed E-state index contributed by atoms with van der Waals surface area (Å²) in [5.74, 6) is -0.296. The molecule has 0 aliphatic heterocycles. The van der Waals surface area contributed by atoms with Gasteiger partial charge in [0.25, 0.3) is 0 Å². The molecule has 10 heavy (non-hydrogen) atoms.